The van der Waals surface area contributed by atoms with Gasteiger partial charge in [-0.1, -0.05) is 0 Å². The summed E-state index contributed by atoms with van der Waals surface area (Å²) in [7, 11) is 0. The molecule has 1 amide bonds. The number of benzene rings is 1. The molecule has 0 saturated heterocycles. The molecule has 1 N–H and O–H groups in total. The molecule has 0 saturated carbocycles. The molecule has 0 atom stereocenters. The maximum Gasteiger partial charge on any atom is 0.270 e. The van der Waals surface area contributed by atoms with Gasteiger partial charge in [-0.15, -0.1) is 0 Å². The number of nitrogens with zero attached hydrogens (tertiary/aromatic N) is 2. The zero-order chi connectivity index (χ0) is 14.7. The summed E-state index contributed by atoms with van der Waals surface area (Å²) in [5.74, 6) is -0.439. The van der Waals surface area contributed by atoms with Crippen molar-refractivity contribution >= 4 is 33.2 Å². The Balaban J connectivity index is 2.26. The van der Waals surface area contributed by atoms with E-state index in [1.807, 2.05) is 6.92 Å². The SMILES string of the molecule is Cc1ccc(NC(=O)c2cc([N+](=O)[O-])ccc2Br)cn1. The summed E-state index contributed by atoms with van der Waals surface area (Å²) in [6, 6.07) is 7.50. The number of aromatic nitrogens is 1. The number of non-ortho nitro benzene ring substituents is 1. The highest BCUT2D eigenvalue weighted by molar-refractivity contribution is 9.10. The third kappa shape index (κ3) is 3.18. The highest BCUT2D eigenvalue weighted by Crippen LogP contribution is 2.23. The van der Waals surface area contributed by atoms with Crippen LogP contribution in [-0.2, 0) is 0 Å². The van der Waals surface area contributed by atoms with Crippen molar-refractivity contribution in [2.45, 2.75) is 6.92 Å². The Morgan fingerprint density at radius 1 is 1.35 bits per heavy atom. The largest absolute Gasteiger partial charge is 0.321 e. The summed E-state index contributed by atoms with van der Waals surface area (Å²) in [6.07, 6.45) is 1.53. The van der Waals surface area contributed by atoms with Gasteiger partial charge in [-0.05, 0) is 41.1 Å². The molecule has 0 spiro atoms. The zero-order valence-electron chi connectivity index (χ0n) is 10.5. The van der Waals surface area contributed by atoms with Gasteiger partial charge < -0.3 is 5.32 Å². The number of hydrogen-bond acceptors (Lipinski definition) is 4. The molecule has 0 unspecified atom stereocenters. The topological polar surface area (TPSA) is 85.1 Å². The van der Waals surface area contributed by atoms with E-state index in [0.29, 0.717) is 10.2 Å². The number of carbonyl (C=O) groups is 1. The van der Waals surface area contributed by atoms with Crippen LogP contribution in [-0.4, -0.2) is 15.8 Å². The van der Waals surface area contributed by atoms with Crippen LogP contribution in [0.15, 0.2) is 41.0 Å². The molecule has 102 valence electrons. The average molecular weight is 336 g/mol. The van der Waals surface area contributed by atoms with Crippen molar-refractivity contribution in [3.05, 3.63) is 62.4 Å². The molecule has 0 aliphatic heterocycles. The quantitative estimate of drug-likeness (QED) is 0.688. The lowest BCUT2D eigenvalue weighted by atomic mass is 10.2. The molecule has 1 aromatic carbocycles. The number of pyridine rings is 1. The number of hydrogen-bond donors (Lipinski definition) is 1. The fourth-order valence-electron chi connectivity index (χ4n) is 1.54. The van der Waals surface area contributed by atoms with E-state index in [0.717, 1.165) is 5.69 Å². The monoisotopic (exact) mass is 335 g/mol. The van der Waals surface area contributed by atoms with Crippen molar-refractivity contribution in [3.8, 4) is 0 Å². The maximum absolute atomic E-state index is 12.1. The molecule has 0 bridgehead atoms. The predicted octanol–water partition coefficient (Wildman–Crippen LogP) is 3.31. The van der Waals surface area contributed by atoms with Gasteiger partial charge in [-0.25, -0.2) is 0 Å². The van der Waals surface area contributed by atoms with Crippen LogP contribution in [0, 0.1) is 17.0 Å². The van der Waals surface area contributed by atoms with Crippen LogP contribution in [0.2, 0.25) is 0 Å². The second-order valence-corrected chi connectivity index (χ2v) is 4.92. The highest BCUT2D eigenvalue weighted by atomic mass is 79.9. The Hall–Kier alpha value is -2.28. The van der Waals surface area contributed by atoms with Crippen LogP contribution in [0.1, 0.15) is 16.1 Å². The highest BCUT2D eigenvalue weighted by Gasteiger charge is 2.15. The van der Waals surface area contributed by atoms with E-state index < -0.39 is 10.8 Å². The number of carbonyl (C=O) groups excluding carboxylic acids is 1. The molecule has 20 heavy (non-hydrogen) atoms. The van der Waals surface area contributed by atoms with E-state index in [1.165, 1.54) is 24.4 Å². The molecule has 1 aromatic heterocycles. The van der Waals surface area contributed by atoms with Crippen LogP contribution >= 0.6 is 15.9 Å². The zero-order valence-corrected chi connectivity index (χ0v) is 12.0. The Labute approximate surface area is 123 Å². The van der Waals surface area contributed by atoms with Crippen LogP contribution in [0.4, 0.5) is 11.4 Å². The van der Waals surface area contributed by atoms with Gasteiger partial charge in [0.15, 0.2) is 0 Å². The van der Waals surface area contributed by atoms with Crippen molar-refractivity contribution in [2.75, 3.05) is 5.32 Å². The lowest BCUT2D eigenvalue weighted by Gasteiger charge is -2.06. The Kier molecular flexibility index (Phi) is 4.09. The normalized spacial score (nSPS) is 10.1. The Bertz CT molecular complexity index is 671. The summed E-state index contributed by atoms with van der Waals surface area (Å²) in [6.45, 7) is 1.84. The van der Waals surface area contributed by atoms with E-state index in [-0.39, 0.29) is 11.3 Å². The second-order valence-electron chi connectivity index (χ2n) is 4.06. The van der Waals surface area contributed by atoms with E-state index >= 15 is 0 Å². The molecular weight excluding hydrogens is 326 g/mol. The predicted molar refractivity (Wildman–Crippen MR) is 77.7 cm³/mol. The molecule has 7 heteroatoms. The van der Waals surface area contributed by atoms with E-state index in [4.69, 9.17) is 0 Å². The standard InChI is InChI=1S/C13H10BrN3O3/c1-8-2-3-9(7-15-8)16-13(18)11-6-10(17(19)20)4-5-12(11)14/h2-7H,1H3,(H,16,18). The number of nitrogens with one attached hydrogen (secondary N) is 1. The first-order valence-electron chi connectivity index (χ1n) is 5.65. The molecule has 2 aromatic rings. The molecule has 2 rings (SSSR count). The van der Waals surface area contributed by atoms with Crippen molar-refractivity contribution in [3.63, 3.8) is 0 Å². The average Bonchev–Trinajstić information content (AvgIpc) is 2.41. The number of rotatable bonds is 3. The van der Waals surface area contributed by atoms with E-state index in [9.17, 15) is 14.9 Å². The number of nitro benzene ring substituents is 1. The van der Waals surface area contributed by atoms with Gasteiger partial charge in [0.1, 0.15) is 0 Å². The first-order chi connectivity index (χ1) is 9.47. The minimum atomic E-state index is -0.545. The first kappa shape index (κ1) is 14.1. The lowest BCUT2D eigenvalue weighted by molar-refractivity contribution is -0.384. The third-order valence-electron chi connectivity index (χ3n) is 2.57. The maximum atomic E-state index is 12.1. The van der Waals surface area contributed by atoms with Crippen LogP contribution in [0.25, 0.3) is 0 Å². The lowest BCUT2D eigenvalue weighted by Crippen LogP contribution is -2.13. The van der Waals surface area contributed by atoms with Crippen molar-refractivity contribution in [1.29, 1.82) is 0 Å². The van der Waals surface area contributed by atoms with E-state index in [1.54, 1.807) is 12.1 Å². The molecular formula is C13H10BrN3O3. The summed E-state index contributed by atoms with van der Waals surface area (Å²) < 4.78 is 0.487. The number of anilines is 1. The Morgan fingerprint density at radius 3 is 2.70 bits per heavy atom. The molecule has 1 heterocycles. The minimum Gasteiger partial charge on any atom is -0.321 e. The molecule has 0 aliphatic rings. The van der Waals surface area contributed by atoms with Gasteiger partial charge in [0, 0.05) is 22.3 Å². The fourth-order valence-corrected chi connectivity index (χ4v) is 1.97. The molecule has 0 radical (unpaired) electrons. The van der Waals surface area contributed by atoms with Gasteiger partial charge in [0.2, 0.25) is 0 Å². The fraction of sp³-hybridized carbons (Fsp3) is 0.0769. The number of halogens is 1. The van der Waals surface area contributed by atoms with Crippen molar-refractivity contribution < 1.29 is 9.72 Å². The number of aryl methyl sites for hydroxylation is 1. The van der Waals surface area contributed by atoms with Gasteiger partial charge in [0.05, 0.1) is 22.4 Å². The molecule has 0 aliphatic carbocycles. The number of nitro groups is 1. The van der Waals surface area contributed by atoms with E-state index in [2.05, 4.69) is 26.2 Å². The van der Waals surface area contributed by atoms with Gasteiger partial charge >= 0.3 is 0 Å². The van der Waals surface area contributed by atoms with Crippen LogP contribution in [0.3, 0.4) is 0 Å². The second kappa shape index (κ2) is 5.79. The van der Waals surface area contributed by atoms with Gasteiger partial charge in [0.25, 0.3) is 11.6 Å². The smallest absolute Gasteiger partial charge is 0.270 e. The molecule has 0 fully saturated rings. The van der Waals surface area contributed by atoms with Crippen molar-refractivity contribution in [2.24, 2.45) is 0 Å². The summed E-state index contributed by atoms with van der Waals surface area (Å²) in [5.41, 5.74) is 1.42. The third-order valence-corrected chi connectivity index (χ3v) is 3.27. The minimum absolute atomic E-state index is 0.139. The van der Waals surface area contributed by atoms with Crippen molar-refractivity contribution in [1.82, 2.24) is 4.98 Å². The van der Waals surface area contributed by atoms with Crippen LogP contribution in [0.5, 0.6) is 0 Å². The first-order valence-corrected chi connectivity index (χ1v) is 6.44. The summed E-state index contributed by atoms with van der Waals surface area (Å²) in [4.78, 5) is 26.3. The van der Waals surface area contributed by atoms with Gasteiger partial charge in [-0.2, -0.15) is 0 Å². The van der Waals surface area contributed by atoms with Crippen LogP contribution < -0.4 is 5.32 Å². The number of amides is 1. The summed E-state index contributed by atoms with van der Waals surface area (Å²) >= 11 is 3.21. The molecule has 6 nitrogen and oxygen atoms in total. The Morgan fingerprint density at radius 2 is 2.10 bits per heavy atom. The van der Waals surface area contributed by atoms with Gasteiger partial charge in [-0.3, -0.25) is 19.9 Å². The summed E-state index contributed by atoms with van der Waals surface area (Å²) in [5, 5.41) is 13.4.